The molecule has 0 unspecified atom stereocenters. The molecular formula is C12H9ClN2O4. The molecule has 0 bridgehead atoms. The molecule has 7 heteroatoms. The monoisotopic (exact) mass is 280 g/mol. The highest BCUT2D eigenvalue weighted by Crippen LogP contribution is 2.29. The summed E-state index contributed by atoms with van der Waals surface area (Å²) in [6, 6.07) is 6.06. The van der Waals surface area contributed by atoms with Crippen LogP contribution in [0.2, 0.25) is 5.02 Å². The SMILES string of the molecule is COc1ccc(-c2cc(C(=O)O)c(=O)[nH]n2)cc1Cl. The summed E-state index contributed by atoms with van der Waals surface area (Å²) in [6.45, 7) is 0. The molecule has 1 aromatic heterocycles. The number of aromatic carboxylic acids is 1. The topological polar surface area (TPSA) is 92.3 Å². The number of hydrogen-bond acceptors (Lipinski definition) is 4. The lowest BCUT2D eigenvalue weighted by Crippen LogP contribution is -2.18. The van der Waals surface area contributed by atoms with Gasteiger partial charge in [-0.3, -0.25) is 4.79 Å². The zero-order chi connectivity index (χ0) is 14.0. The largest absolute Gasteiger partial charge is 0.495 e. The van der Waals surface area contributed by atoms with Gasteiger partial charge in [0.2, 0.25) is 0 Å². The van der Waals surface area contributed by atoms with Crippen molar-refractivity contribution in [2.45, 2.75) is 0 Å². The van der Waals surface area contributed by atoms with Gasteiger partial charge in [-0.05, 0) is 24.3 Å². The molecule has 19 heavy (non-hydrogen) atoms. The Morgan fingerprint density at radius 2 is 2.16 bits per heavy atom. The van der Waals surface area contributed by atoms with Crippen molar-refractivity contribution in [2.75, 3.05) is 7.11 Å². The van der Waals surface area contributed by atoms with Crippen molar-refractivity contribution in [2.24, 2.45) is 0 Å². The number of aromatic nitrogens is 2. The van der Waals surface area contributed by atoms with E-state index in [9.17, 15) is 9.59 Å². The van der Waals surface area contributed by atoms with E-state index in [0.29, 0.717) is 22.0 Å². The molecule has 0 aliphatic carbocycles. The van der Waals surface area contributed by atoms with E-state index in [1.807, 2.05) is 0 Å². The molecule has 0 spiro atoms. The second-order valence-corrected chi connectivity index (χ2v) is 4.06. The Morgan fingerprint density at radius 3 is 2.74 bits per heavy atom. The van der Waals surface area contributed by atoms with Gasteiger partial charge in [0.15, 0.2) is 0 Å². The van der Waals surface area contributed by atoms with Gasteiger partial charge in [0.25, 0.3) is 5.56 Å². The van der Waals surface area contributed by atoms with Crippen LogP contribution in [0.25, 0.3) is 11.3 Å². The van der Waals surface area contributed by atoms with E-state index >= 15 is 0 Å². The maximum Gasteiger partial charge on any atom is 0.341 e. The van der Waals surface area contributed by atoms with Gasteiger partial charge in [0, 0.05) is 5.56 Å². The maximum atomic E-state index is 11.3. The molecule has 0 aliphatic rings. The number of ether oxygens (including phenoxy) is 1. The van der Waals surface area contributed by atoms with Crippen LogP contribution in [0.15, 0.2) is 29.1 Å². The van der Waals surface area contributed by atoms with Crippen LogP contribution in [0.3, 0.4) is 0 Å². The number of methoxy groups -OCH3 is 1. The van der Waals surface area contributed by atoms with Crippen LogP contribution in [0, 0.1) is 0 Å². The predicted octanol–water partition coefficient (Wildman–Crippen LogP) is 1.80. The quantitative estimate of drug-likeness (QED) is 0.894. The molecule has 1 heterocycles. The second kappa shape index (κ2) is 5.11. The average molecular weight is 281 g/mol. The van der Waals surface area contributed by atoms with Gasteiger partial charge in [0.1, 0.15) is 11.3 Å². The fourth-order valence-electron chi connectivity index (χ4n) is 1.54. The van der Waals surface area contributed by atoms with Crippen molar-refractivity contribution >= 4 is 17.6 Å². The van der Waals surface area contributed by atoms with Crippen LogP contribution in [-0.2, 0) is 0 Å². The third kappa shape index (κ3) is 2.58. The van der Waals surface area contributed by atoms with Gasteiger partial charge in [-0.1, -0.05) is 11.6 Å². The standard InChI is InChI=1S/C12H9ClN2O4/c1-19-10-3-2-6(4-8(10)13)9-5-7(12(17)18)11(16)15-14-9/h2-5H,1H3,(H,15,16)(H,17,18). The molecule has 0 aliphatic heterocycles. The van der Waals surface area contributed by atoms with Crippen molar-refractivity contribution in [1.29, 1.82) is 0 Å². The van der Waals surface area contributed by atoms with Crippen LogP contribution in [-0.4, -0.2) is 28.4 Å². The highest BCUT2D eigenvalue weighted by molar-refractivity contribution is 6.32. The summed E-state index contributed by atoms with van der Waals surface area (Å²) < 4.78 is 5.01. The summed E-state index contributed by atoms with van der Waals surface area (Å²) >= 11 is 5.97. The molecule has 0 saturated heterocycles. The van der Waals surface area contributed by atoms with E-state index in [-0.39, 0.29) is 5.56 Å². The van der Waals surface area contributed by atoms with Gasteiger partial charge in [0.05, 0.1) is 17.8 Å². The van der Waals surface area contributed by atoms with Crippen LogP contribution in [0.4, 0.5) is 0 Å². The number of halogens is 1. The number of rotatable bonds is 3. The van der Waals surface area contributed by atoms with E-state index < -0.39 is 11.5 Å². The fourth-order valence-corrected chi connectivity index (χ4v) is 1.80. The molecule has 1 aromatic carbocycles. The minimum Gasteiger partial charge on any atom is -0.495 e. The fraction of sp³-hybridized carbons (Fsp3) is 0.0833. The molecule has 6 nitrogen and oxygen atoms in total. The lowest BCUT2D eigenvalue weighted by molar-refractivity contribution is 0.0694. The number of nitrogens with one attached hydrogen (secondary N) is 1. The lowest BCUT2D eigenvalue weighted by Gasteiger charge is -2.05. The van der Waals surface area contributed by atoms with Gasteiger partial charge in [-0.2, -0.15) is 5.10 Å². The van der Waals surface area contributed by atoms with E-state index in [1.54, 1.807) is 18.2 Å². The van der Waals surface area contributed by atoms with Crippen LogP contribution in [0.1, 0.15) is 10.4 Å². The van der Waals surface area contributed by atoms with Crippen molar-refractivity contribution < 1.29 is 14.6 Å². The summed E-state index contributed by atoms with van der Waals surface area (Å²) in [7, 11) is 1.49. The van der Waals surface area contributed by atoms with E-state index in [0.717, 1.165) is 0 Å². The summed E-state index contributed by atoms with van der Waals surface area (Å²) in [4.78, 5) is 22.1. The molecular weight excluding hydrogens is 272 g/mol. The Labute approximate surface area is 112 Å². The Morgan fingerprint density at radius 1 is 1.42 bits per heavy atom. The molecule has 2 aromatic rings. The van der Waals surface area contributed by atoms with Gasteiger partial charge >= 0.3 is 5.97 Å². The maximum absolute atomic E-state index is 11.3. The molecule has 0 atom stereocenters. The van der Waals surface area contributed by atoms with Crippen molar-refractivity contribution in [3.05, 3.63) is 45.2 Å². The highest BCUT2D eigenvalue weighted by Gasteiger charge is 2.12. The molecule has 0 saturated carbocycles. The highest BCUT2D eigenvalue weighted by atomic mass is 35.5. The third-order valence-electron chi connectivity index (χ3n) is 2.48. The molecule has 0 fully saturated rings. The molecule has 2 rings (SSSR count). The summed E-state index contributed by atoms with van der Waals surface area (Å²) in [5, 5.41) is 15.2. The van der Waals surface area contributed by atoms with Crippen LogP contribution < -0.4 is 10.3 Å². The third-order valence-corrected chi connectivity index (χ3v) is 2.78. The first-order valence-electron chi connectivity index (χ1n) is 5.20. The van der Waals surface area contributed by atoms with E-state index in [4.69, 9.17) is 21.4 Å². The smallest absolute Gasteiger partial charge is 0.341 e. The first kappa shape index (κ1) is 13.1. The molecule has 2 N–H and O–H groups in total. The predicted molar refractivity (Wildman–Crippen MR) is 68.8 cm³/mol. The van der Waals surface area contributed by atoms with E-state index in [2.05, 4.69) is 10.2 Å². The number of aromatic amines is 1. The van der Waals surface area contributed by atoms with Crippen molar-refractivity contribution in [1.82, 2.24) is 10.2 Å². The lowest BCUT2D eigenvalue weighted by atomic mass is 10.1. The number of nitrogens with zero attached hydrogens (tertiary/aromatic N) is 1. The van der Waals surface area contributed by atoms with Crippen molar-refractivity contribution in [3.63, 3.8) is 0 Å². The Bertz CT molecular complexity index is 696. The average Bonchev–Trinajstić information content (AvgIpc) is 2.38. The van der Waals surface area contributed by atoms with Crippen LogP contribution in [0.5, 0.6) is 5.75 Å². The van der Waals surface area contributed by atoms with Gasteiger partial charge in [-0.25, -0.2) is 9.89 Å². The number of benzene rings is 1. The summed E-state index contributed by atoms with van der Waals surface area (Å²) in [5.74, 6) is -0.821. The van der Waals surface area contributed by atoms with Crippen molar-refractivity contribution in [3.8, 4) is 17.0 Å². The van der Waals surface area contributed by atoms with E-state index in [1.165, 1.54) is 13.2 Å². The molecule has 0 amide bonds. The number of carboxylic acids is 1. The minimum atomic E-state index is -1.32. The minimum absolute atomic E-state index is 0.307. The molecule has 0 radical (unpaired) electrons. The first-order valence-corrected chi connectivity index (χ1v) is 5.57. The number of carboxylic acid groups (broad SMARTS) is 1. The normalized spacial score (nSPS) is 10.2. The summed E-state index contributed by atoms with van der Waals surface area (Å²) in [5.41, 5.74) is -0.251. The Hall–Kier alpha value is -2.34. The zero-order valence-corrected chi connectivity index (χ0v) is 10.6. The second-order valence-electron chi connectivity index (χ2n) is 3.65. The molecule has 98 valence electrons. The zero-order valence-electron chi connectivity index (χ0n) is 9.81. The number of H-pyrrole nitrogens is 1. The van der Waals surface area contributed by atoms with Crippen LogP contribution >= 0.6 is 11.6 Å². The Balaban J connectivity index is 2.53. The van der Waals surface area contributed by atoms with Gasteiger partial charge < -0.3 is 9.84 Å². The van der Waals surface area contributed by atoms with Gasteiger partial charge in [-0.15, -0.1) is 0 Å². The first-order chi connectivity index (χ1) is 9.02. The number of carbonyl (C=O) groups is 1. The number of hydrogen-bond donors (Lipinski definition) is 2. The summed E-state index contributed by atoms with van der Waals surface area (Å²) in [6.07, 6.45) is 0. The Kier molecular flexibility index (Phi) is 3.52.